The second-order valence-corrected chi connectivity index (χ2v) is 6.66. The van der Waals surface area contributed by atoms with Gasteiger partial charge >= 0.3 is 0 Å². The zero-order valence-electron chi connectivity index (χ0n) is 15.0. The van der Waals surface area contributed by atoms with Gasteiger partial charge in [-0.1, -0.05) is 19.1 Å². The molecule has 0 bridgehead atoms. The van der Waals surface area contributed by atoms with E-state index in [2.05, 4.69) is 53.2 Å². The zero-order valence-corrected chi connectivity index (χ0v) is 15.0. The van der Waals surface area contributed by atoms with E-state index in [0.717, 1.165) is 47.7 Å². The zero-order chi connectivity index (χ0) is 18.0. The summed E-state index contributed by atoms with van der Waals surface area (Å²) in [6.07, 6.45) is 4.54. The summed E-state index contributed by atoms with van der Waals surface area (Å²) in [6, 6.07) is 10.7. The van der Waals surface area contributed by atoms with E-state index in [4.69, 9.17) is 0 Å². The Morgan fingerprint density at radius 3 is 2.68 bits per heavy atom. The first-order chi connectivity index (χ1) is 12.0. The Morgan fingerprint density at radius 2 is 2.12 bits per heavy atom. The van der Waals surface area contributed by atoms with Gasteiger partial charge in [-0.2, -0.15) is 5.26 Å². The van der Waals surface area contributed by atoms with Crippen molar-refractivity contribution in [3.05, 3.63) is 41.6 Å². The maximum Gasteiger partial charge on any atom is 0.132 e. The van der Waals surface area contributed by atoms with E-state index >= 15 is 0 Å². The highest BCUT2D eigenvalue weighted by Gasteiger charge is 2.44. The fourth-order valence-electron chi connectivity index (χ4n) is 3.02. The number of aromatic nitrogens is 1. The summed E-state index contributed by atoms with van der Waals surface area (Å²) in [4.78, 5) is 10.4. The molecule has 0 aliphatic heterocycles. The minimum atomic E-state index is -0.254. The quantitative estimate of drug-likeness (QED) is 0.799. The lowest BCUT2D eigenvalue weighted by Gasteiger charge is -2.18. The number of nitriles is 1. The number of benzene rings is 1. The molecule has 1 aromatic heterocycles. The second-order valence-electron chi connectivity index (χ2n) is 6.66. The number of nitrogens with zero attached hydrogens (tertiary/aromatic N) is 4. The molecule has 5 nitrogen and oxygen atoms in total. The fourth-order valence-corrected chi connectivity index (χ4v) is 3.02. The van der Waals surface area contributed by atoms with E-state index in [0.29, 0.717) is 0 Å². The molecule has 25 heavy (non-hydrogen) atoms. The van der Waals surface area contributed by atoms with E-state index < -0.39 is 0 Å². The monoisotopic (exact) mass is 333 g/mol. The third-order valence-corrected chi connectivity index (χ3v) is 4.78. The van der Waals surface area contributed by atoms with Crippen molar-refractivity contribution in [3.63, 3.8) is 0 Å². The van der Waals surface area contributed by atoms with Gasteiger partial charge in [0.2, 0.25) is 0 Å². The van der Waals surface area contributed by atoms with Crippen LogP contribution in [-0.4, -0.2) is 25.8 Å². The molecule has 1 fully saturated rings. The molecular weight excluding hydrogens is 310 g/mol. The van der Waals surface area contributed by atoms with Gasteiger partial charge in [0.1, 0.15) is 11.5 Å². The van der Waals surface area contributed by atoms with Crippen LogP contribution < -0.4 is 10.2 Å². The van der Waals surface area contributed by atoms with Crippen LogP contribution in [0, 0.1) is 11.3 Å². The van der Waals surface area contributed by atoms with Crippen molar-refractivity contribution in [2.24, 2.45) is 4.99 Å². The predicted molar refractivity (Wildman–Crippen MR) is 103 cm³/mol. The van der Waals surface area contributed by atoms with Crippen LogP contribution >= 0.6 is 0 Å². The molecule has 5 heteroatoms. The van der Waals surface area contributed by atoms with E-state index in [1.165, 1.54) is 5.56 Å². The smallest absolute Gasteiger partial charge is 0.132 e. The number of anilines is 3. The Balaban J connectivity index is 1.92. The predicted octanol–water partition coefficient (Wildman–Crippen LogP) is 4.34. The van der Waals surface area contributed by atoms with E-state index in [-0.39, 0.29) is 5.41 Å². The SMILES string of the molecule is C=Nc1cnc(Nc2ccc(C3(C#N)CC3)cc2CC)cc1N(C)C. The molecule has 0 saturated heterocycles. The molecule has 0 spiro atoms. The highest BCUT2D eigenvalue weighted by atomic mass is 15.1. The molecule has 1 heterocycles. The first-order valence-corrected chi connectivity index (χ1v) is 8.49. The van der Waals surface area contributed by atoms with Crippen LogP contribution in [0.15, 0.2) is 35.5 Å². The lowest BCUT2D eigenvalue weighted by molar-refractivity contribution is 0.902. The highest BCUT2D eigenvalue weighted by Crippen LogP contribution is 2.48. The average Bonchev–Trinajstić information content (AvgIpc) is 3.43. The highest BCUT2D eigenvalue weighted by molar-refractivity contribution is 5.73. The van der Waals surface area contributed by atoms with Crippen LogP contribution in [0.3, 0.4) is 0 Å². The first-order valence-electron chi connectivity index (χ1n) is 8.49. The molecule has 3 rings (SSSR count). The molecule has 0 radical (unpaired) electrons. The molecule has 0 atom stereocenters. The Bertz CT molecular complexity index is 844. The number of hydrogen-bond donors (Lipinski definition) is 1. The van der Waals surface area contributed by atoms with Gasteiger partial charge in [-0.15, -0.1) is 0 Å². The van der Waals surface area contributed by atoms with Crippen molar-refractivity contribution in [2.75, 3.05) is 24.3 Å². The van der Waals surface area contributed by atoms with Crippen molar-refractivity contribution in [2.45, 2.75) is 31.6 Å². The third kappa shape index (κ3) is 3.20. The van der Waals surface area contributed by atoms with Gasteiger partial charge in [-0.3, -0.25) is 4.99 Å². The molecule has 1 aromatic carbocycles. The first kappa shape index (κ1) is 17.0. The average molecular weight is 333 g/mol. The summed E-state index contributed by atoms with van der Waals surface area (Å²) in [5, 5.41) is 12.8. The minimum Gasteiger partial charge on any atom is -0.376 e. The number of aryl methyl sites for hydroxylation is 1. The Morgan fingerprint density at radius 1 is 1.36 bits per heavy atom. The van der Waals surface area contributed by atoms with Gasteiger partial charge in [0, 0.05) is 25.8 Å². The van der Waals surface area contributed by atoms with Gasteiger partial charge in [0.25, 0.3) is 0 Å². The molecule has 1 N–H and O–H groups in total. The van der Waals surface area contributed by atoms with Crippen LogP contribution in [0.5, 0.6) is 0 Å². The molecule has 1 aliphatic rings. The van der Waals surface area contributed by atoms with Crippen LogP contribution in [0.4, 0.5) is 22.9 Å². The molecule has 1 aliphatic carbocycles. The number of rotatable bonds is 6. The Hall–Kier alpha value is -2.87. The number of aliphatic imine (C=N–C) groups is 1. The van der Waals surface area contributed by atoms with Crippen LogP contribution in [0.2, 0.25) is 0 Å². The summed E-state index contributed by atoms with van der Waals surface area (Å²) in [5.74, 6) is 0.764. The van der Waals surface area contributed by atoms with Gasteiger partial charge in [-0.25, -0.2) is 4.98 Å². The molecule has 128 valence electrons. The van der Waals surface area contributed by atoms with Crippen LogP contribution in [-0.2, 0) is 11.8 Å². The molecule has 1 saturated carbocycles. The summed E-state index contributed by atoms with van der Waals surface area (Å²) in [7, 11) is 3.94. The summed E-state index contributed by atoms with van der Waals surface area (Å²) in [6.45, 7) is 5.72. The van der Waals surface area contributed by atoms with Crippen molar-refractivity contribution in [3.8, 4) is 6.07 Å². The van der Waals surface area contributed by atoms with Crippen LogP contribution in [0.1, 0.15) is 30.9 Å². The van der Waals surface area contributed by atoms with E-state index in [1.807, 2.05) is 25.1 Å². The topological polar surface area (TPSA) is 64.3 Å². The normalized spacial score (nSPS) is 14.5. The molecular formula is C20H23N5. The number of hydrogen-bond acceptors (Lipinski definition) is 5. The maximum absolute atomic E-state index is 9.42. The fraction of sp³-hybridized carbons (Fsp3) is 0.350. The standard InChI is InChI=1S/C20H23N5/c1-5-14-10-15(20(13-21)8-9-20)6-7-16(14)24-19-11-18(25(3)4)17(22-2)12-23-19/h6-7,10-12H,2,5,8-9H2,1,3-4H3,(H,23,24). The van der Waals surface area contributed by atoms with Gasteiger partial charge < -0.3 is 10.2 Å². The number of pyridine rings is 1. The maximum atomic E-state index is 9.42. The summed E-state index contributed by atoms with van der Waals surface area (Å²) in [5.41, 5.74) is 4.81. The lowest BCUT2D eigenvalue weighted by atomic mass is 9.94. The molecule has 0 amide bonds. The molecule has 2 aromatic rings. The summed E-state index contributed by atoms with van der Waals surface area (Å²) >= 11 is 0. The lowest BCUT2D eigenvalue weighted by Crippen LogP contribution is -2.10. The van der Waals surface area contributed by atoms with Crippen molar-refractivity contribution in [1.29, 1.82) is 5.26 Å². The molecule has 0 unspecified atom stereocenters. The second kappa shape index (κ2) is 6.56. The van der Waals surface area contributed by atoms with Crippen LogP contribution in [0.25, 0.3) is 0 Å². The Kier molecular flexibility index (Phi) is 4.45. The van der Waals surface area contributed by atoms with Crippen molar-refractivity contribution in [1.82, 2.24) is 4.98 Å². The van der Waals surface area contributed by atoms with Crippen molar-refractivity contribution < 1.29 is 0 Å². The van der Waals surface area contributed by atoms with Gasteiger partial charge in [0.05, 0.1) is 23.4 Å². The van der Waals surface area contributed by atoms with Gasteiger partial charge in [-0.05, 0) is 43.2 Å². The van der Waals surface area contributed by atoms with E-state index in [9.17, 15) is 5.26 Å². The minimum absolute atomic E-state index is 0.254. The largest absolute Gasteiger partial charge is 0.376 e. The van der Waals surface area contributed by atoms with Crippen molar-refractivity contribution >= 4 is 29.6 Å². The summed E-state index contributed by atoms with van der Waals surface area (Å²) < 4.78 is 0. The van der Waals surface area contributed by atoms with Gasteiger partial charge in [0.15, 0.2) is 0 Å². The Labute approximate surface area is 149 Å². The number of nitrogens with one attached hydrogen (secondary N) is 1. The van der Waals surface area contributed by atoms with E-state index in [1.54, 1.807) is 6.20 Å². The third-order valence-electron chi connectivity index (χ3n) is 4.78.